The molecule has 6 aromatic rings. The molecule has 0 spiro atoms. The van der Waals surface area contributed by atoms with E-state index in [2.05, 4.69) is 42.5 Å². The number of benzene rings is 3. The SMILES string of the molecule is CN(C(=O)c1cccc(NCc2cccc(CN3CCC(n4cc(-c5cnc(N)c6c(-c7ccc(NSC(F)F)c(F)c7)nn(C)c56)cn4)CC3)c2)c1C=O)C1CCC(=O)NC1=O. The fourth-order valence-corrected chi connectivity index (χ4v) is 8.71. The second kappa shape index (κ2) is 18.3. The molecule has 2 saturated heterocycles. The molecule has 1 atom stereocenters. The van der Waals surface area contributed by atoms with Crippen LogP contribution in [0.4, 0.5) is 30.4 Å². The van der Waals surface area contributed by atoms with Gasteiger partial charge in [0.15, 0.2) is 6.29 Å². The molecular weight excluding hydrogens is 836 g/mol. The van der Waals surface area contributed by atoms with E-state index >= 15 is 0 Å². The quantitative estimate of drug-likeness (QED) is 0.0520. The molecule has 326 valence electrons. The molecule has 2 aliphatic heterocycles. The number of hydrogen-bond donors (Lipinski definition) is 4. The van der Waals surface area contributed by atoms with Crippen LogP contribution in [0.1, 0.15) is 63.6 Å². The van der Waals surface area contributed by atoms with Gasteiger partial charge in [0.1, 0.15) is 23.4 Å². The lowest BCUT2D eigenvalue weighted by molar-refractivity contribution is -0.136. The minimum absolute atomic E-state index is 0.0699. The third kappa shape index (κ3) is 9.10. The van der Waals surface area contributed by atoms with Crippen LogP contribution in [-0.4, -0.2) is 90.3 Å². The van der Waals surface area contributed by atoms with E-state index in [0.29, 0.717) is 40.7 Å². The number of anilines is 3. The molecule has 63 heavy (non-hydrogen) atoms. The van der Waals surface area contributed by atoms with Gasteiger partial charge in [-0.1, -0.05) is 36.4 Å². The molecule has 0 aliphatic carbocycles. The number of aldehydes is 1. The molecule has 2 fully saturated rings. The number of likely N-dealkylation sites (N-methyl/N-ethyl adjacent to an activating group) is 1. The first-order valence-corrected chi connectivity index (χ1v) is 21.1. The van der Waals surface area contributed by atoms with Crippen LogP contribution in [0, 0.1) is 5.82 Å². The summed E-state index contributed by atoms with van der Waals surface area (Å²) in [5, 5.41) is 15.5. The van der Waals surface area contributed by atoms with Gasteiger partial charge in [-0.15, -0.1) is 0 Å². The topological polar surface area (TPSA) is 185 Å². The van der Waals surface area contributed by atoms with E-state index in [1.54, 1.807) is 48.4 Å². The third-order valence-corrected chi connectivity index (χ3v) is 12.1. The number of likely N-dealkylation sites (tertiary alicyclic amines) is 1. The zero-order chi connectivity index (χ0) is 44.4. The van der Waals surface area contributed by atoms with E-state index in [9.17, 15) is 32.3 Å². The van der Waals surface area contributed by atoms with Gasteiger partial charge in [0.2, 0.25) is 11.8 Å². The van der Waals surface area contributed by atoms with E-state index in [-0.39, 0.29) is 59.4 Å². The number of nitrogens with zero attached hydrogens (tertiary/aromatic N) is 7. The highest BCUT2D eigenvalue weighted by atomic mass is 32.2. The Hall–Kier alpha value is -6.73. The molecule has 0 bridgehead atoms. The number of aromatic nitrogens is 5. The van der Waals surface area contributed by atoms with Crippen LogP contribution in [0.15, 0.2) is 79.3 Å². The predicted octanol–water partition coefficient (Wildman–Crippen LogP) is 6.64. The van der Waals surface area contributed by atoms with E-state index in [4.69, 9.17) is 10.8 Å². The van der Waals surface area contributed by atoms with Crippen LogP contribution < -0.4 is 21.1 Å². The molecule has 5 heterocycles. The lowest BCUT2D eigenvalue weighted by atomic mass is 10.0. The molecule has 19 heteroatoms. The summed E-state index contributed by atoms with van der Waals surface area (Å²) < 4.78 is 46.2. The number of carbonyl (C=O) groups excluding carboxylic acids is 4. The molecule has 1 unspecified atom stereocenters. The number of nitrogen functional groups attached to an aromatic ring is 1. The number of alkyl halides is 2. The smallest absolute Gasteiger partial charge is 0.302 e. The van der Waals surface area contributed by atoms with Crippen molar-refractivity contribution >= 4 is 64.1 Å². The Morgan fingerprint density at radius 3 is 2.56 bits per heavy atom. The van der Waals surface area contributed by atoms with Crippen LogP contribution in [0.2, 0.25) is 0 Å². The molecular formula is C44H44F3N11O4S. The normalized spacial score (nSPS) is 16.1. The predicted molar refractivity (Wildman–Crippen MR) is 234 cm³/mol. The van der Waals surface area contributed by atoms with Crippen molar-refractivity contribution in [1.29, 1.82) is 0 Å². The van der Waals surface area contributed by atoms with Gasteiger partial charge >= 0.3 is 5.76 Å². The number of nitrogens with two attached hydrogens (primary N) is 1. The summed E-state index contributed by atoms with van der Waals surface area (Å²) in [5.41, 5.74) is 12.4. The van der Waals surface area contributed by atoms with Crippen molar-refractivity contribution in [3.63, 3.8) is 0 Å². The average Bonchev–Trinajstić information content (AvgIpc) is 3.91. The number of pyridine rings is 1. The minimum Gasteiger partial charge on any atom is -0.383 e. The Morgan fingerprint density at radius 1 is 1.03 bits per heavy atom. The summed E-state index contributed by atoms with van der Waals surface area (Å²) in [5.74, 6) is -4.59. The molecule has 5 N–H and O–H groups in total. The number of rotatable bonds is 14. The van der Waals surface area contributed by atoms with Gasteiger partial charge < -0.3 is 20.7 Å². The van der Waals surface area contributed by atoms with Crippen molar-refractivity contribution in [2.75, 3.05) is 35.9 Å². The van der Waals surface area contributed by atoms with Crippen molar-refractivity contribution in [2.45, 2.75) is 56.6 Å². The zero-order valence-electron chi connectivity index (χ0n) is 34.4. The fraction of sp³-hybridized carbons (Fsp3) is 0.295. The van der Waals surface area contributed by atoms with E-state index < -0.39 is 29.4 Å². The monoisotopic (exact) mass is 879 g/mol. The maximum absolute atomic E-state index is 14.9. The molecule has 8 rings (SSSR count). The number of aryl methyl sites for hydroxylation is 1. The Morgan fingerprint density at radius 2 is 1.81 bits per heavy atom. The van der Waals surface area contributed by atoms with Crippen LogP contribution in [0.25, 0.3) is 33.3 Å². The lowest BCUT2D eigenvalue weighted by Crippen LogP contribution is -2.53. The van der Waals surface area contributed by atoms with Gasteiger partial charge in [0.05, 0.1) is 40.0 Å². The highest BCUT2D eigenvalue weighted by Crippen LogP contribution is 2.38. The van der Waals surface area contributed by atoms with Gasteiger partial charge in [-0.25, -0.2) is 9.37 Å². The van der Waals surface area contributed by atoms with Crippen LogP contribution in [-0.2, 0) is 29.7 Å². The van der Waals surface area contributed by atoms with Gasteiger partial charge in [-0.05, 0) is 54.7 Å². The standard InChI is InChI=1S/C44H44F3N11O4S/c1-55(36-11-12-37(60)52-42(36)61)43(62)30-7-4-8-34(32(30)24-59)49-19-25-5-3-6-26(17-25)22-57-15-13-29(14-16-57)58-23-28(20-51-58)31-21-50-41(48)38-39(53-56(2)40(31)38)27-9-10-35(33(45)18-27)54-63-44(46)47/h3-10,17-18,20-21,23-24,29,36,44,49,54H,11-16,19,22H2,1-2H3,(H2,48,50)(H,52,60,61). The number of carbonyl (C=O) groups is 4. The first-order chi connectivity index (χ1) is 30.4. The zero-order valence-corrected chi connectivity index (χ0v) is 35.2. The third-order valence-electron chi connectivity index (χ3n) is 11.6. The number of halogens is 3. The van der Waals surface area contributed by atoms with Crippen molar-refractivity contribution in [3.05, 3.63) is 107 Å². The minimum atomic E-state index is -2.71. The molecule has 3 aromatic carbocycles. The summed E-state index contributed by atoms with van der Waals surface area (Å²) >= 11 is 0.115. The van der Waals surface area contributed by atoms with Gasteiger partial charge in [0, 0.05) is 93.4 Å². The summed E-state index contributed by atoms with van der Waals surface area (Å²) in [4.78, 5) is 57.9. The average molecular weight is 880 g/mol. The highest BCUT2D eigenvalue weighted by Gasteiger charge is 2.33. The molecule has 0 saturated carbocycles. The van der Waals surface area contributed by atoms with Gasteiger partial charge in [0.25, 0.3) is 5.91 Å². The first-order valence-electron chi connectivity index (χ1n) is 20.3. The van der Waals surface area contributed by atoms with Crippen LogP contribution >= 0.6 is 11.9 Å². The Kier molecular flexibility index (Phi) is 12.5. The summed E-state index contributed by atoms with van der Waals surface area (Å²) in [6.45, 7) is 2.85. The second-order valence-corrected chi connectivity index (χ2v) is 16.4. The van der Waals surface area contributed by atoms with E-state index in [0.717, 1.165) is 54.7 Å². The highest BCUT2D eigenvalue weighted by molar-refractivity contribution is 8.00. The number of nitrogens with one attached hydrogen (secondary N) is 3. The van der Waals surface area contributed by atoms with E-state index in [1.165, 1.54) is 24.1 Å². The Bertz CT molecular complexity index is 2720. The number of fused-ring (bicyclic) bond motifs is 1. The summed E-state index contributed by atoms with van der Waals surface area (Å²) in [7, 11) is 3.27. The van der Waals surface area contributed by atoms with E-state index in [1.807, 2.05) is 23.0 Å². The molecule has 3 amide bonds. The van der Waals surface area contributed by atoms with Crippen molar-refractivity contribution < 1.29 is 32.3 Å². The first kappa shape index (κ1) is 42.9. The largest absolute Gasteiger partial charge is 0.383 e. The fourth-order valence-electron chi connectivity index (χ4n) is 8.33. The second-order valence-electron chi connectivity index (χ2n) is 15.6. The maximum Gasteiger partial charge on any atom is 0.302 e. The number of piperidine rings is 2. The Labute approximate surface area is 364 Å². The molecule has 15 nitrogen and oxygen atoms in total. The number of hydrogen-bond acceptors (Lipinski definition) is 12. The van der Waals surface area contributed by atoms with Crippen molar-refractivity contribution in [2.24, 2.45) is 7.05 Å². The van der Waals surface area contributed by atoms with Crippen LogP contribution in [0.3, 0.4) is 0 Å². The molecule has 3 aromatic heterocycles. The van der Waals surface area contributed by atoms with Gasteiger partial charge in [-0.3, -0.25) is 38.8 Å². The number of amides is 3. The van der Waals surface area contributed by atoms with Crippen molar-refractivity contribution in [3.8, 4) is 22.4 Å². The lowest BCUT2D eigenvalue weighted by Gasteiger charge is -2.32. The Balaban J connectivity index is 0.892. The van der Waals surface area contributed by atoms with Crippen molar-refractivity contribution in [1.82, 2.24) is 39.7 Å². The number of imide groups is 1. The molecule has 0 radical (unpaired) electrons. The maximum atomic E-state index is 14.9. The summed E-state index contributed by atoms with van der Waals surface area (Å²) in [6, 6.07) is 16.7. The van der Waals surface area contributed by atoms with Crippen LogP contribution in [0.5, 0.6) is 0 Å². The van der Waals surface area contributed by atoms with Gasteiger partial charge in [-0.2, -0.15) is 19.0 Å². The molecule has 2 aliphatic rings. The summed E-state index contributed by atoms with van der Waals surface area (Å²) in [6.07, 6.45) is 8.19.